The van der Waals surface area contributed by atoms with Crippen LogP contribution in [0.4, 0.5) is 4.79 Å². The summed E-state index contributed by atoms with van der Waals surface area (Å²) in [7, 11) is 1.94. The Morgan fingerprint density at radius 1 is 1.54 bits per heavy atom. The van der Waals surface area contributed by atoms with Crippen LogP contribution < -0.4 is 10.6 Å². The highest BCUT2D eigenvalue weighted by molar-refractivity contribution is 5.74. The molecule has 0 aromatic rings. The zero-order valence-electron chi connectivity index (χ0n) is 8.63. The van der Waals surface area contributed by atoms with Crippen LogP contribution in [0.5, 0.6) is 0 Å². The molecule has 1 fully saturated rings. The van der Waals surface area contributed by atoms with Crippen molar-refractivity contribution in [2.75, 3.05) is 20.1 Å². The molecule has 4 heteroatoms. The molecule has 1 rings (SSSR count). The van der Waals surface area contributed by atoms with E-state index in [1.165, 1.54) is 0 Å². The van der Waals surface area contributed by atoms with Gasteiger partial charge in [0, 0.05) is 25.2 Å². The van der Waals surface area contributed by atoms with Gasteiger partial charge in [0.1, 0.15) is 0 Å². The van der Waals surface area contributed by atoms with E-state index in [1.807, 2.05) is 25.8 Å². The van der Waals surface area contributed by atoms with Gasteiger partial charge in [0.2, 0.25) is 0 Å². The van der Waals surface area contributed by atoms with Crippen LogP contribution in [0.1, 0.15) is 20.3 Å². The highest BCUT2D eigenvalue weighted by atomic mass is 16.2. The predicted molar refractivity (Wildman–Crippen MR) is 52.7 cm³/mol. The zero-order chi connectivity index (χ0) is 9.84. The first kappa shape index (κ1) is 10.3. The van der Waals surface area contributed by atoms with Crippen LogP contribution in [0.2, 0.25) is 0 Å². The lowest BCUT2D eigenvalue weighted by atomic mass is 10.3. The fourth-order valence-corrected chi connectivity index (χ4v) is 1.52. The summed E-state index contributed by atoms with van der Waals surface area (Å²) in [5.41, 5.74) is 0. The minimum absolute atomic E-state index is 0.0627. The van der Waals surface area contributed by atoms with Gasteiger partial charge < -0.3 is 15.5 Å². The van der Waals surface area contributed by atoms with Crippen LogP contribution in [0.3, 0.4) is 0 Å². The number of likely N-dealkylation sites (N-methyl/N-ethyl adjacent to an activating group) is 1. The molecule has 1 saturated heterocycles. The SMILES string of the molecule is CN[C@@H]1CCN(C(=O)NC(C)C)C1. The molecule has 0 bridgehead atoms. The Balaban J connectivity index is 2.33. The van der Waals surface area contributed by atoms with Crippen LogP contribution in [-0.4, -0.2) is 43.2 Å². The van der Waals surface area contributed by atoms with E-state index in [2.05, 4.69) is 10.6 Å². The number of urea groups is 1. The summed E-state index contributed by atoms with van der Waals surface area (Å²) in [6, 6.07) is 0.756. The Hall–Kier alpha value is -0.770. The number of likely N-dealkylation sites (tertiary alicyclic amines) is 1. The van der Waals surface area contributed by atoms with Crippen molar-refractivity contribution in [1.82, 2.24) is 15.5 Å². The Labute approximate surface area is 79.7 Å². The molecule has 76 valence electrons. The number of carbonyl (C=O) groups is 1. The van der Waals surface area contributed by atoms with Gasteiger partial charge >= 0.3 is 6.03 Å². The van der Waals surface area contributed by atoms with Gasteiger partial charge in [-0.1, -0.05) is 0 Å². The van der Waals surface area contributed by atoms with E-state index >= 15 is 0 Å². The van der Waals surface area contributed by atoms with Crippen molar-refractivity contribution in [2.24, 2.45) is 0 Å². The number of nitrogens with one attached hydrogen (secondary N) is 2. The Bertz CT molecular complexity index is 182. The van der Waals surface area contributed by atoms with E-state index in [-0.39, 0.29) is 12.1 Å². The average Bonchev–Trinajstić information content (AvgIpc) is 2.50. The quantitative estimate of drug-likeness (QED) is 0.654. The van der Waals surface area contributed by atoms with Crippen molar-refractivity contribution < 1.29 is 4.79 Å². The van der Waals surface area contributed by atoms with Gasteiger partial charge in [-0.3, -0.25) is 0 Å². The normalized spacial score (nSPS) is 22.5. The number of hydrogen-bond donors (Lipinski definition) is 2. The molecule has 0 aliphatic carbocycles. The van der Waals surface area contributed by atoms with E-state index in [0.717, 1.165) is 19.5 Å². The second kappa shape index (κ2) is 4.46. The molecule has 1 heterocycles. The van der Waals surface area contributed by atoms with Crippen LogP contribution >= 0.6 is 0 Å². The molecular weight excluding hydrogens is 166 g/mol. The van der Waals surface area contributed by atoms with Crippen molar-refractivity contribution in [1.29, 1.82) is 0 Å². The lowest BCUT2D eigenvalue weighted by molar-refractivity contribution is 0.205. The summed E-state index contributed by atoms with van der Waals surface area (Å²) in [5.74, 6) is 0. The van der Waals surface area contributed by atoms with E-state index in [0.29, 0.717) is 6.04 Å². The molecule has 0 aromatic carbocycles. The Kier molecular flexibility index (Phi) is 3.54. The smallest absolute Gasteiger partial charge is 0.317 e. The first-order chi connectivity index (χ1) is 6.13. The van der Waals surface area contributed by atoms with Gasteiger partial charge in [-0.05, 0) is 27.3 Å². The molecule has 0 unspecified atom stereocenters. The van der Waals surface area contributed by atoms with Crippen LogP contribution in [0.25, 0.3) is 0 Å². The molecule has 0 radical (unpaired) electrons. The van der Waals surface area contributed by atoms with Crippen molar-refractivity contribution in [3.63, 3.8) is 0 Å². The van der Waals surface area contributed by atoms with E-state index in [9.17, 15) is 4.79 Å². The van der Waals surface area contributed by atoms with Crippen molar-refractivity contribution in [2.45, 2.75) is 32.4 Å². The second-order valence-corrected chi connectivity index (χ2v) is 3.82. The Morgan fingerprint density at radius 2 is 2.23 bits per heavy atom. The third-order valence-electron chi connectivity index (χ3n) is 2.30. The first-order valence-corrected chi connectivity index (χ1v) is 4.86. The zero-order valence-corrected chi connectivity index (χ0v) is 8.63. The monoisotopic (exact) mass is 185 g/mol. The second-order valence-electron chi connectivity index (χ2n) is 3.82. The number of hydrogen-bond acceptors (Lipinski definition) is 2. The summed E-state index contributed by atoms with van der Waals surface area (Å²) in [4.78, 5) is 13.4. The molecular formula is C9H19N3O. The highest BCUT2D eigenvalue weighted by Crippen LogP contribution is 2.08. The summed E-state index contributed by atoms with van der Waals surface area (Å²) >= 11 is 0. The molecule has 0 saturated carbocycles. The van der Waals surface area contributed by atoms with Gasteiger partial charge in [0.05, 0.1) is 0 Å². The fraction of sp³-hybridized carbons (Fsp3) is 0.889. The number of nitrogens with zero attached hydrogens (tertiary/aromatic N) is 1. The molecule has 1 atom stereocenters. The topological polar surface area (TPSA) is 44.4 Å². The standard InChI is InChI=1S/C9H19N3O/c1-7(2)11-9(13)12-5-4-8(6-12)10-3/h7-8,10H,4-6H2,1-3H3,(H,11,13)/t8-/m1/s1. The average molecular weight is 185 g/mol. The number of carbonyl (C=O) groups excluding carboxylic acids is 1. The first-order valence-electron chi connectivity index (χ1n) is 4.86. The molecule has 4 nitrogen and oxygen atoms in total. The summed E-state index contributed by atoms with van der Waals surface area (Å²) in [6.07, 6.45) is 1.06. The molecule has 0 aromatic heterocycles. The third-order valence-corrected chi connectivity index (χ3v) is 2.30. The van der Waals surface area contributed by atoms with E-state index in [4.69, 9.17) is 0 Å². The lowest BCUT2D eigenvalue weighted by Crippen LogP contribution is -2.42. The Morgan fingerprint density at radius 3 is 2.69 bits per heavy atom. The minimum Gasteiger partial charge on any atom is -0.336 e. The van der Waals surface area contributed by atoms with Crippen LogP contribution in [0.15, 0.2) is 0 Å². The van der Waals surface area contributed by atoms with Crippen molar-refractivity contribution in [3.8, 4) is 0 Å². The number of rotatable bonds is 2. The maximum absolute atomic E-state index is 11.5. The van der Waals surface area contributed by atoms with Gasteiger partial charge in [-0.25, -0.2) is 4.79 Å². The molecule has 13 heavy (non-hydrogen) atoms. The van der Waals surface area contributed by atoms with E-state index < -0.39 is 0 Å². The number of amides is 2. The largest absolute Gasteiger partial charge is 0.336 e. The van der Waals surface area contributed by atoms with Crippen molar-refractivity contribution in [3.05, 3.63) is 0 Å². The van der Waals surface area contributed by atoms with Gasteiger partial charge in [-0.2, -0.15) is 0 Å². The maximum atomic E-state index is 11.5. The van der Waals surface area contributed by atoms with Gasteiger partial charge in [0.15, 0.2) is 0 Å². The fourth-order valence-electron chi connectivity index (χ4n) is 1.52. The maximum Gasteiger partial charge on any atom is 0.317 e. The molecule has 0 spiro atoms. The third kappa shape index (κ3) is 2.88. The molecule has 2 amide bonds. The van der Waals surface area contributed by atoms with E-state index in [1.54, 1.807) is 0 Å². The summed E-state index contributed by atoms with van der Waals surface area (Å²) < 4.78 is 0. The van der Waals surface area contributed by atoms with Gasteiger partial charge in [0.25, 0.3) is 0 Å². The van der Waals surface area contributed by atoms with Crippen molar-refractivity contribution >= 4 is 6.03 Å². The summed E-state index contributed by atoms with van der Waals surface area (Å²) in [5, 5.41) is 6.07. The molecule has 2 N–H and O–H groups in total. The van der Waals surface area contributed by atoms with Crippen LogP contribution in [-0.2, 0) is 0 Å². The van der Waals surface area contributed by atoms with Gasteiger partial charge in [-0.15, -0.1) is 0 Å². The van der Waals surface area contributed by atoms with Crippen LogP contribution in [0, 0.1) is 0 Å². The minimum atomic E-state index is 0.0627. The predicted octanol–water partition coefficient (Wildman–Crippen LogP) is 0.398. The molecule has 1 aliphatic rings. The highest BCUT2D eigenvalue weighted by Gasteiger charge is 2.24. The summed E-state index contributed by atoms with van der Waals surface area (Å²) in [6.45, 7) is 5.65. The molecule has 1 aliphatic heterocycles. The lowest BCUT2D eigenvalue weighted by Gasteiger charge is -2.18.